The van der Waals surface area contributed by atoms with E-state index in [-0.39, 0.29) is 0 Å². The molecule has 0 heterocycles. The van der Waals surface area contributed by atoms with Gasteiger partial charge in [0.05, 0.1) is 10.3 Å². The van der Waals surface area contributed by atoms with Gasteiger partial charge in [0.25, 0.3) is 0 Å². The van der Waals surface area contributed by atoms with Gasteiger partial charge >= 0.3 is 5.71 Å². The molecule has 0 aromatic heterocycles. The van der Waals surface area contributed by atoms with Crippen molar-refractivity contribution in [3.63, 3.8) is 0 Å². The van der Waals surface area contributed by atoms with E-state index in [1.54, 1.807) is 24.3 Å². The van der Waals surface area contributed by atoms with E-state index < -0.39 is 0 Å². The van der Waals surface area contributed by atoms with Gasteiger partial charge in [-0.1, -0.05) is 12.2 Å². The van der Waals surface area contributed by atoms with Crippen LogP contribution < -0.4 is 0 Å². The van der Waals surface area contributed by atoms with Crippen LogP contribution in [0.5, 0.6) is 0 Å². The number of hydrogen-bond donors (Lipinski definition) is 2. The van der Waals surface area contributed by atoms with Gasteiger partial charge in [-0.25, -0.2) is 0 Å². The van der Waals surface area contributed by atoms with E-state index in [1.165, 1.54) is 0 Å². The van der Waals surface area contributed by atoms with Crippen LogP contribution in [0.2, 0.25) is 0 Å². The molecular formula is C6H6N3+. The molecule has 0 amide bonds. The second-order valence-corrected chi connectivity index (χ2v) is 1.63. The average Bonchev–Trinajstić information content (AvgIpc) is 1.89. The highest BCUT2D eigenvalue weighted by Crippen LogP contribution is 1.91. The Morgan fingerprint density at radius 1 is 1.22 bits per heavy atom. The normalized spacial score (nSPS) is 16.0. The van der Waals surface area contributed by atoms with Gasteiger partial charge in [0.15, 0.2) is 0 Å². The molecule has 0 fully saturated rings. The Hall–Kier alpha value is -1.47. The second kappa shape index (κ2) is 2.20. The number of nitrogens with one attached hydrogen (secondary N) is 2. The van der Waals surface area contributed by atoms with E-state index >= 15 is 0 Å². The van der Waals surface area contributed by atoms with E-state index in [4.69, 9.17) is 10.9 Å². The average molecular weight is 120 g/mol. The summed E-state index contributed by atoms with van der Waals surface area (Å²) >= 11 is 0. The smallest absolute Gasteiger partial charge is 0.293 e. The molecule has 0 atom stereocenters. The zero-order chi connectivity index (χ0) is 6.69. The number of hydrogen-bond acceptors (Lipinski definition) is 2. The first kappa shape index (κ1) is 5.66. The van der Waals surface area contributed by atoms with Gasteiger partial charge in [-0.15, -0.1) is 0 Å². The lowest BCUT2D eigenvalue weighted by Gasteiger charge is -1.86. The van der Waals surface area contributed by atoms with Crippen molar-refractivity contribution in [1.82, 2.24) is 0 Å². The molecule has 3 nitrogen and oxygen atoms in total. The van der Waals surface area contributed by atoms with Crippen molar-refractivity contribution in [2.24, 2.45) is 0 Å². The third-order valence-corrected chi connectivity index (χ3v) is 1.02. The van der Waals surface area contributed by atoms with Crippen molar-refractivity contribution in [3.8, 4) is 0 Å². The molecule has 44 valence electrons. The van der Waals surface area contributed by atoms with E-state index in [9.17, 15) is 0 Å². The predicted molar refractivity (Wildman–Crippen MR) is 34.0 cm³/mol. The molecule has 1 aliphatic carbocycles. The lowest BCUT2D eigenvalue weighted by molar-refractivity contribution is -0.115. The van der Waals surface area contributed by atoms with Crippen molar-refractivity contribution in [3.05, 3.63) is 24.3 Å². The summed E-state index contributed by atoms with van der Waals surface area (Å²) < 4.78 is 0. The lowest BCUT2D eigenvalue weighted by Crippen LogP contribution is -2.10. The summed E-state index contributed by atoms with van der Waals surface area (Å²) in [6.45, 7) is 0. The van der Waals surface area contributed by atoms with Crippen LogP contribution in [0, 0.1) is 10.9 Å². The molecule has 0 saturated carbocycles. The third-order valence-electron chi connectivity index (χ3n) is 1.02. The summed E-state index contributed by atoms with van der Waals surface area (Å²) in [5.74, 6) is 0. The van der Waals surface area contributed by atoms with E-state index in [2.05, 4.69) is 4.79 Å². The number of allylic oxidation sites excluding steroid dienone is 4. The first-order chi connectivity index (χ1) is 4.34. The Balaban J connectivity index is 3.04. The topological polar surface area (TPSA) is 61.8 Å². The van der Waals surface area contributed by atoms with Gasteiger partial charge in [-0.3, -0.25) is 5.41 Å². The number of rotatable bonds is 0. The van der Waals surface area contributed by atoms with Crippen molar-refractivity contribution in [2.75, 3.05) is 0 Å². The first-order valence-corrected chi connectivity index (χ1v) is 2.52. The van der Waals surface area contributed by atoms with Crippen LogP contribution >= 0.6 is 0 Å². The summed E-state index contributed by atoms with van der Waals surface area (Å²) in [5.41, 5.74) is 7.30. The fraction of sp³-hybridized carbons (Fsp3) is 0. The highest BCUT2D eigenvalue weighted by Gasteiger charge is 2.12. The van der Waals surface area contributed by atoms with Gasteiger partial charge in [0.2, 0.25) is 0 Å². The molecular weight excluding hydrogens is 114 g/mol. The fourth-order valence-corrected chi connectivity index (χ4v) is 0.571. The Morgan fingerprint density at radius 3 is 2.33 bits per heavy atom. The van der Waals surface area contributed by atoms with Gasteiger partial charge in [-0.2, -0.15) is 0 Å². The zero-order valence-corrected chi connectivity index (χ0v) is 4.76. The lowest BCUT2D eigenvalue weighted by atomic mass is 10.1. The molecule has 3 heteroatoms. The Kier molecular flexibility index (Phi) is 1.38. The molecule has 0 saturated heterocycles. The van der Waals surface area contributed by atoms with Crippen molar-refractivity contribution in [2.45, 2.75) is 0 Å². The van der Waals surface area contributed by atoms with E-state index in [0.29, 0.717) is 11.4 Å². The van der Waals surface area contributed by atoms with E-state index in [0.717, 1.165) is 0 Å². The predicted octanol–water partition coefficient (Wildman–Crippen LogP) is 0.812. The Morgan fingerprint density at radius 2 is 1.89 bits per heavy atom. The molecule has 2 N–H and O–H groups in total. The van der Waals surface area contributed by atoms with Crippen LogP contribution in [0.15, 0.2) is 24.3 Å². The minimum absolute atomic E-state index is 0.299. The van der Waals surface area contributed by atoms with Crippen LogP contribution in [0.25, 0.3) is 0 Å². The summed E-state index contributed by atoms with van der Waals surface area (Å²) in [4.78, 5) is 3.13. The molecule has 0 aromatic rings. The summed E-state index contributed by atoms with van der Waals surface area (Å²) in [6, 6.07) is 0. The molecule has 1 aliphatic rings. The molecule has 0 aromatic carbocycles. The standard InChI is InChI=1S/C6H6N3/c7-5-3-1-2-4-6(5)9-8/h1-4,7-8H/q+1. The monoisotopic (exact) mass is 120 g/mol. The molecule has 0 aliphatic heterocycles. The largest absolute Gasteiger partial charge is 0.389 e. The van der Waals surface area contributed by atoms with Crippen molar-refractivity contribution >= 4 is 11.4 Å². The highest BCUT2D eigenvalue weighted by molar-refractivity contribution is 6.47. The van der Waals surface area contributed by atoms with Crippen LogP contribution in [0.1, 0.15) is 0 Å². The third kappa shape index (κ3) is 1.01. The highest BCUT2D eigenvalue weighted by atomic mass is 14.9. The minimum Gasteiger partial charge on any atom is -0.293 e. The summed E-state index contributed by atoms with van der Waals surface area (Å²) in [5, 5.41) is 7.16. The van der Waals surface area contributed by atoms with Gasteiger partial charge in [-0.05, 0) is 6.08 Å². The van der Waals surface area contributed by atoms with Crippen molar-refractivity contribution in [1.29, 1.82) is 10.9 Å². The Labute approximate surface area is 52.4 Å². The van der Waals surface area contributed by atoms with Crippen LogP contribution in [-0.2, 0) is 0 Å². The fourth-order valence-electron chi connectivity index (χ4n) is 0.571. The maximum Gasteiger partial charge on any atom is 0.389 e. The first-order valence-electron chi connectivity index (χ1n) is 2.52. The van der Waals surface area contributed by atoms with E-state index in [1.807, 2.05) is 0 Å². The van der Waals surface area contributed by atoms with Gasteiger partial charge in [0, 0.05) is 6.08 Å². The molecule has 9 heavy (non-hydrogen) atoms. The maximum atomic E-state index is 7.16. The number of nitrogens with zero attached hydrogens (tertiary/aromatic N) is 1. The van der Waals surface area contributed by atoms with Gasteiger partial charge < -0.3 is 0 Å². The zero-order valence-electron chi connectivity index (χ0n) is 4.76. The van der Waals surface area contributed by atoms with Crippen LogP contribution in [0.4, 0.5) is 0 Å². The quantitative estimate of drug-likeness (QED) is 0.270. The van der Waals surface area contributed by atoms with Crippen molar-refractivity contribution < 1.29 is 4.79 Å². The van der Waals surface area contributed by atoms with Gasteiger partial charge in [0.1, 0.15) is 5.71 Å². The molecule has 1 rings (SSSR count). The molecule has 0 bridgehead atoms. The minimum atomic E-state index is 0.299. The van der Waals surface area contributed by atoms with Crippen LogP contribution in [-0.4, -0.2) is 16.2 Å². The summed E-state index contributed by atoms with van der Waals surface area (Å²) in [7, 11) is 0. The molecule has 0 unspecified atom stereocenters. The second-order valence-electron chi connectivity index (χ2n) is 1.63. The Bertz CT molecular complexity index is 241. The van der Waals surface area contributed by atoms with Crippen LogP contribution in [0.3, 0.4) is 0 Å². The summed E-state index contributed by atoms with van der Waals surface area (Å²) in [6.07, 6.45) is 6.74. The molecule has 0 radical (unpaired) electrons. The maximum absolute atomic E-state index is 7.16. The SMILES string of the molecule is N=[N+]=C1C=CC=CC1=N. The molecule has 0 spiro atoms.